The maximum absolute atomic E-state index is 12.3. The monoisotopic (exact) mass is 716 g/mol. The number of hydrogen-bond acceptors (Lipinski definition) is 3. The maximum atomic E-state index is 12.3. The zero-order chi connectivity index (χ0) is 38.3. The summed E-state index contributed by atoms with van der Waals surface area (Å²) in [6.45, 7) is 13.5. The minimum Gasteiger partial charge on any atom is -0.349 e. The Kier molecular flexibility index (Phi) is 7.77. The topological polar surface area (TPSA) is 55.2 Å². The fourth-order valence-corrected chi connectivity index (χ4v) is 8.96. The number of nitrogens with one attached hydrogen (secondary N) is 1. The van der Waals surface area contributed by atoms with Gasteiger partial charge in [-0.15, -0.1) is 0 Å². The number of nitro benzene ring substituents is 1. The average molecular weight is 717 g/mol. The van der Waals surface area contributed by atoms with Gasteiger partial charge in [-0.2, -0.15) is 0 Å². The van der Waals surface area contributed by atoms with Crippen molar-refractivity contribution in [2.45, 2.75) is 57.8 Å². The van der Waals surface area contributed by atoms with Gasteiger partial charge in [0.15, 0.2) is 0 Å². The van der Waals surface area contributed by atoms with Crippen LogP contribution in [0.2, 0.25) is 0 Å². The van der Waals surface area contributed by atoms with Crippen molar-refractivity contribution in [1.29, 1.82) is 0 Å². The summed E-state index contributed by atoms with van der Waals surface area (Å²) in [6.07, 6.45) is 0. The van der Waals surface area contributed by atoms with Gasteiger partial charge in [-0.3, -0.25) is 10.1 Å². The number of benzene rings is 7. The number of rotatable bonds is 5. The smallest absolute Gasteiger partial charge is 0.292 e. The van der Waals surface area contributed by atoms with Crippen molar-refractivity contribution in [2.75, 3.05) is 5.32 Å². The van der Waals surface area contributed by atoms with E-state index in [1.54, 1.807) is 18.2 Å². The minimum atomic E-state index is -0.429. The Morgan fingerprint density at radius 3 is 1.47 bits per heavy atom. The number of nitro groups is 1. The van der Waals surface area contributed by atoms with E-state index in [0.717, 1.165) is 27.9 Å². The molecular weight excluding hydrogens is 673 g/mol. The summed E-state index contributed by atoms with van der Waals surface area (Å²) in [5.41, 5.74) is 17.5. The lowest BCUT2D eigenvalue weighted by Gasteiger charge is -2.30. The molecule has 9 rings (SSSR count). The van der Waals surface area contributed by atoms with Gasteiger partial charge in [0.2, 0.25) is 0 Å². The van der Waals surface area contributed by atoms with E-state index in [4.69, 9.17) is 0 Å². The summed E-state index contributed by atoms with van der Waals surface area (Å²) < 4.78 is 0. The van der Waals surface area contributed by atoms with Crippen LogP contribution < -0.4 is 5.32 Å². The Morgan fingerprint density at radius 2 is 0.927 bits per heavy atom. The van der Waals surface area contributed by atoms with Crippen LogP contribution in [0.3, 0.4) is 0 Å². The molecule has 0 atom stereocenters. The normalized spacial score (nSPS) is 13.6. The lowest BCUT2D eigenvalue weighted by molar-refractivity contribution is -0.383. The molecule has 0 aliphatic heterocycles. The van der Waals surface area contributed by atoms with Crippen LogP contribution in [0.25, 0.3) is 44.5 Å². The molecule has 0 saturated heterocycles. The Labute approximate surface area is 323 Å². The number of fused-ring (bicyclic) bond motifs is 10. The molecule has 0 saturated carbocycles. The van der Waals surface area contributed by atoms with E-state index in [0.29, 0.717) is 5.69 Å². The zero-order valence-electron chi connectivity index (χ0n) is 32.2. The van der Waals surface area contributed by atoms with Gasteiger partial charge in [0, 0.05) is 17.2 Å². The molecule has 7 aromatic rings. The molecule has 0 unspecified atom stereocenters. The molecule has 4 heteroatoms. The van der Waals surface area contributed by atoms with Crippen molar-refractivity contribution in [2.24, 2.45) is 0 Å². The van der Waals surface area contributed by atoms with Crippen molar-refractivity contribution < 1.29 is 4.92 Å². The van der Waals surface area contributed by atoms with Gasteiger partial charge >= 0.3 is 0 Å². The first kappa shape index (κ1) is 34.5. The third-order valence-corrected chi connectivity index (χ3v) is 11.7. The van der Waals surface area contributed by atoms with E-state index < -0.39 is 5.41 Å². The first-order chi connectivity index (χ1) is 26.4. The lowest BCUT2D eigenvalue weighted by Crippen LogP contribution is -2.25. The Bertz CT molecular complexity index is 2610. The maximum Gasteiger partial charge on any atom is 0.292 e. The first-order valence-corrected chi connectivity index (χ1v) is 19.1. The van der Waals surface area contributed by atoms with Crippen LogP contribution in [0.1, 0.15) is 74.9 Å². The molecule has 2 aliphatic carbocycles. The van der Waals surface area contributed by atoms with E-state index in [9.17, 15) is 10.1 Å². The van der Waals surface area contributed by atoms with Gasteiger partial charge in [0.05, 0.1) is 16.0 Å². The van der Waals surface area contributed by atoms with Gasteiger partial charge in [-0.1, -0.05) is 175 Å². The molecule has 0 aromatic heterocycles. The second-order valence-corrected chi connectivity index (χ2v) is 17.1. The number of hydrogen-bond donors (Lipinski definition) is 1. The summed E-state index contributed by atoms with van der Waals surface area (Å²) in [7, 11) is 0. The number of nitrogens with zero attached hydrogens (tertiary/aromatic N) is 1. The molecule has 0 amide bonds. The molecule has 4 nitrogen and oxygen atoms in total. The van der Waals surface area contributed by atoms with Crippen molar-refractivity contribution in [3.8, 4) is 44.5 Å². The Balaban J connectivity index is 1.30. The van der Waals surface area contributed by atoms with E-state index in [2.05, 4.69) is 174 Å². The van der Waals surface area contributed by atoms with Gasteiger partial charge in [0.1, 0.15) is 5.69 Å². The van der Waals surface area contributed by atoms with E-state index >= 15 is 0 Å². The summed E-state index contributed by atoms with van der Waals surface area (Å²) in [5.74, 6) is 0. The van der Waals surface area contributed by atoms with Gasteiger partial charge in [0.25, 0.3) is 5.69 Å². The number of anilines is 2. The highest BCUT2D eigenvalue weighted by atomic mass is 16.6. The van der Waals surface area contributed by atoms with Crippen LogP contribution >= 0.6 is 0 Å². The molecular formula is C51H44N2O2. The highest BCUT2D eigenvalue weighted by Crippen LogP contribution is 2.63. The van der Waals surface area contributed by atoms with Crippen LogP contribution in [-0.2, 0) is 16.2 Å². The van der Waals surface area contributed by atoms with Crippen LogP contribution in [0.4, 0.5) is 17.1 Å². The molecule has 0 heterocycles. The molecule has 0 radical (unpaired) electrons. The SMILES string of the molecule is CC(C)(C)c1cc(-c2cccc(-c3ccc4c(c3)-c3ccccc3C43c4ccccc4-c4ccccc43)c2Nc2ccccc2[N+](=O)[O-])cc(C(C)(C)C)c1. The van der Waals surface area contributed by atoms with Crippen molar-refractivity contribution >= 4 is 17.1 Å². The summed E-state index contributed by atoms with van der Waals surface area (Å²) in [5, 5.41) is 16.0. The lowest BCUT2D eigenvalue weighted by atomic mass is 9.70. The summed E-state index contributed by atoms with van der Waals surface area (Å²) in [6, 6.07) is 53.7. The molecule has 1 N–H and O–H groups in total. The largest absolute Gasteiger partial charge is 0.349 e. The standard InChI is InChI=1S/C51H44N2O2/c1-49(2,3)34-28-33(29-35(31-34)50(4,5)6)37-20-15-19-36(48(37)52-46-24-13-14-25-47(46)53(54)55)32-26-27-45-41(30-32)40-18-9-12-23-44(40)51(45)42-21-10-7-16-38(42)39-17-8-11-22-43(39)51/h7-31,52H,1-6H3. The quantitative estimate of drug-likeness (QED) is 0.142. The minimum absolute atomic E-state index is 0.0328. The second-order valence-electron chi connectivity index (χ2n) is 17.1. The van der Waals surface area contributed by atoms with Crippen molar-refractivity contribution in [3.05, 3.63) is 195 Å². The van der Waals surface area contributed by atoms with Gasteiger partial charge in [-0.05, 0) is 89.7 Å². The van der Waals surface area contributed by atoms with E-state index in [-0.39, 0.29) is 21.4 Å². The van der Waals surface area contributed by atoms with Crippen molar-refractivity contribution in [1.82, 2.24) is 0 Å². The first-order valence-electron chi connectivity index (χ1n) is 19.1. The van der Waals surface area contributed by atoms with Crippen molar-refractivity contribution in [3.63, 3.8) is 0 Å². The van der Waals surface area contributed by atoms with Crippen LogP contribution in [0.15, 0.2) is 152 Å². The highest BCUT2D eigenvalue weighted by molar-refractivity contribution is 5.99. The van der Waals surface area contributed by atoms with E-state index in [1.807, 2.05) is 6.07 Å². The third-order valence-electron chi connectivity index (χ3n) is 11.7. The van der Waals surface area contributed by atoms with Crippen LogP contribution in [0.5, 0.6) is 0 Å². The molecule has 270 valence electrons. The molecule has 55 heavy (non-hydrogen) atoms. The third kappa shape index (κ3) is 5.34. The molecule has 7 aromatic carbocycles. The van der Waals surface area contributed by atoms with Gasteiger partial charge in [-0.25, -0.2) is 0 Å². The molecule has 0 fully saturated rings. The average Bonchev–Trinajstić information content (AvgIpc) is 3.64. The Hall–Kier alpha value is -6.26. The summed E-state index contributed by atoms with van der Waals surface area (Å²) in [4.78, 5) is 12.0. The molecule has 1 spiro atoms. The fourth-order valence-electron chi connectivity index (χ4n) is 8.96. The van der Waals surface area contributed by atoms with Crippen LogP contribution in [-0.4, -0.2) is 4.92 Å². The fraction of sp³-hybridized carbons (Fsp3) is 0.176. The summed E-state index contributed by atoms with van der Waals surface area (Å²) >= 11 is 0. The van der Waals surface area contributed by atoms with E-state index in [1.165, 1.54) is 55.6 Å². The second kappa shape index (κ2) is 12.4. The van der Waals surface area contributed by atoms with Crippen LogP contribution in [0, 0.1) is 10.1 Å². The highest BCUT2D eigenvalue weighted by Gasteiger charge is 2.51. The predicted molar refractivity (Wildman–Crippen MR) is 227 cm³/mol. The number of para-hydroxylation sites is 3. The van der Waals surface area contributed by atoms with Gasteiger partial charge < -0.3 is 5.32 Å². The zero-order valence-corrected chi connectivity index (χ0v) is 32.2. The molecule has 0 bridgehead atoms. The molecule has 2 aliphatic rings. The predicted octanol–water partition coefficient (Wildman–Crippen LogP) is 13.6. The Morgan fingerprint density at radius 1 is 0.473 bits per heavy atom.